The zero-order chi connectivity index (χ0) is 10.8. The Hall–Kier alpha value is -1.76. The monoisotopic (exact) mass is 209 g/mol. The lowest BCUT2D eigenvalue weighted by atomic mass is 10.3. The number of aromatic nitrogens is 2. The van der Waals surface area contributed by atoms with Gasteiger partial charge in [0.1, 0.15) is 5.69 Å². The first-order valence-electron chi connectivity index (χ1n) is 4.82. The van der Waals surface area contributed by atoms with Gasteiger partial charge < -0.3 is 27.4 Å². The van der Waals surface area contributed by atoms with E-state index >= 15 is 0 Å². The highest BCUT2D eigenvalue weighted by molar-refractivity contribution is 5.75. The van der Waals surface area contributed by atoms with E-state index in [2.05, 4.69) is 20.2 Å². The van der Waals surface area contributed by atoms with Crippen LogP contribution in [-0.4, -0.2) is 36.1 Å². The molecule has 0 spiro atoms. The summed E-state index contributed by atoms with van der Waals surface area (Å²) in [6.07, 6.45) is 0. The van der Waals surface area contributed by atoms with Gasteiger partial charge in [-0.3, -0.25) is 0 Å². The highest BCUT2D eigenvalue weighted by atomic mass is 15.3. The SMILES string of the molecule is Nc1nc(N)c(N)c(N2CCNCC2)n1. The molecule has 7 N–H and O–H groups in total. The molecule has 0 aromatic carbocycles. The van der Waals surface area contributed by atoms with Crippen LogP contribution in [0, 0.1) is 0 Å². The van der Waals surface area contributed by atoms with E-state index in [9.17, 15) is 0 Å². The fourth-order valence-corrected chi connectivity index (χ4v) is 1.61. The van der Waals surface area contributed by atoms with Crippen molar-refractivity contribution in [3.63, 3.8) is 0 Å². The maximum absolute atomic E-state index is 5.81. The van der Waals surface area contributed by atoms with E-state index in [1.807, 2.05) is 0 Å². The van der Waals surface area contributed by atoms with Crippen molar-refractivity contribution in [2.75, 3.05) is 48.3 Å². The molecule has 0 unspecified atom stereocenters. The summed E-state index contributed by atoms with van der Waals surface area (Å²) in [6, 6.07) is 0. The maximum atomic E-state index is 5.81. The standard InChI is InChI=1S/C8H15N7/c9-5-6(10)13-8(11)14-7(5)15-3-1-12-2-4-15/h12H,1-4,9H2,(H4,10,11,13,14). The Labute approximate surface area is 87.7 Å². The van der Waals surface area contributed by atoms with Crippen molar-refractivity contribution < 1.29 is 0 Å². The quantitative estimate of drug-likeness (QED) is 0.450. The Morgan fingerprint density at radius 3 is 2.40 bits per heavy atom. The van der Waals surface area contributed by atoms with Crippen LogP contribution < -0.4 is 27.4 Å². The lowest BCUT2D eigenvalue weighted by molar-refractivity contribution is 0.585. The lowest BCUT2D eigenvalue weighted by Gasteiger charge is -2.29. The molecule has 7 nitrogen and oxygen atoms in total. The number of hydrogen-bond acceptors (Lipinski definition) is 7. The number of hydrogen-bond donors (Lipinski definition) is 4. The van der Waals surface area contributed by atoms with Crippen LogP contribution in [0.2, 0.25) is 0 Å². The molecule has 0 aliphatic carbocycles. The molecule has 0 amide bonds. The van der Waals surface area contributed by atoms with Gasteiger partial charge in [-0.15, -0.1) is 0 Å². The minimum atomic E-state index is 0.162. The molecule has 82 valence electrons. The highest BCUT2D eigenvalue weighted by Crippen LogP contribution is 2.25. The van der Waals surface area contributed by atoms with Crippen molar-refractivity contribution in [2.45, 2.75) is 0 Å². The van der Waals surface area contributed by atoms with Crippen LogP contribution in [0.1, 0.15) is 0 Å². The zero-order valence-corrected chi connectivity index (χ0v) is 8.40. The van der Waals surface area contributed by atoms with E-state index in [0.717, 1.165) is 26.2 Å². The summed E-state index contributed by atoms with van der Waals surface area (Å²) in [5, 5.41) is 3.24. The third kappa shape index (κ3) is 1.86. The number of anilines is 4. The second kappa shape index (κ2) is 3.77. The normalized spacial score (nSPS) is 16.7. The first-order valence-corrected chi connectivity index (χ1v) is 4.82. The van der Waals surface area contributed by atoms with E-state index < -0.39 is 0 Å². The average Bonchev–Trinajstić information content (AvgIpc) is 2.24. The van der Waals surface area contributed by atoms with Crippen LogP contribution in [0.15, 0.2) is 0 Å². The van der Waals surface area contributed by atoms with Gasteiger partial charge in [-0.25, -0.2) is 0 Å². The van der Waals surface area contributed by atoms with Gasteiger partial charge >= 0.3 is 0 Å². The topological polar surface area (TPSA) is 119 Å². The molecule has 7 heteroatoms. The summed E-state index contributed by atoms with van der Waals surface area (Å²) < 4.78 is 0. The molecule has 0 radical (unpaired) electrons. The molecule has 1 aliphatic heterocycles. The Kier molecular flexibility index (Phi) is 2.46. The minimum absolute atomic E-state index is 0.162. The summed E-state index contributed by atoms with van der Waals surface area (Å²) in [6.45, 7) is 3.51. The molecule has 2 heterocycles. The van der Waals surface area contributed by atoms with Gasteiger partial charge in [-0.1, -0.05) is 0 Å². The number of nitrogens with two attached hydrogens (primary N) is 3. The fourth-order valence-electron chi connectivity index (χ4n) is 1.61. The Morgan fingerprint density at radius 1 is 1.07 bits per heavy atom. The van der Waals surface area contributed by atoms with Gasteiger partial charge in [-0.2, -0.15) is 9.97 Å². The van der Waals surface area contributed by atoms with Crippen LogP contribution in [0.25, 0.3) is 0 Å². The Bertz CT molecular complexity index is 358. The number of nitrogens with one attached hydrogen (secondary N) is 1. The third-order valence-corrected chi connectivity index (χ3v) is 2.39. The summed E-state index contributed by atoms with van der Waals surface area (Å²) in [5.41, 5.74) is 17.4. The average molecular weight is 209 g/mol. The predicted octanol–water partition coefficient (Wildman–Crippen LogP) is -1.37. The fraction of sp³-hybridized carbons (Fsp3) is 0.500. The number of rotatable bonds is 1. The van der Waals surface area contributed by atoms with Crippen LogP contribution in [0.3, 0.4) is 0 Å². The Morgan fingerprint density at radius 2 is 1.73 bits per heavy atom. The van der Waals surface area contributed by atoms with E-state index in [1.54, 1.807) is 0 Å². The number of nitrogens with zero attached hydrogens (tertiary/aromatic N) is 3. The van der Waals surface area contributed by atoms with Crippen molar-refractivity contribution in [3.8, 4) is 0 Å². The second-order valence-electron chi connectivity index (χ2n) is 3.44. The molecular formula is C8H15N7. The third-order valence-electron chi connectivity index (χ3n) is 2.39. The van der Waals surface area contributed by atoms with Gasteiger partial charge in [0.15, 0.2) is 11.6 Å². The van der Waals surface area contributed by atoms with Crippen LogP contribution in [0.5, 0.6) is 0 Å². The summed E-state index contributed by atoms with van der Waals surface area (Å²) in [7, 11) is 0. The van der Waals surface area contributed by atoms with Gasteiger partial charge in [0.25, 0.3) is 0 Å². The van der Waals surface area contributed by atoms with Gasteiger partial charge in [0.2, 0.25) is 5.95 Å². The molecule has 0 bridgehead atoms. The van der Waals surface area contributed by atoms with Crippen LogP contribution in [-0.2, 0) is 0 Å². The van der Waals surface area contributed by atoms with E-state index in [4.69, 9.17) is 17.2 Å². The van der Waals surface area contributed by atoms with Gasteiger partial charge in [-0.05, 0) is 0 Å². The van der Waals surface area contributed by atoms with Crippen LogP contribution in [0.4, 0.5) is 23.3 Å². The second-order valence-corrected chi connectivity index (χ2v) is 3.44. The molecule has 0 atom stereocenters. The minimum Gasteiger partial charge on any atom is -0.393 e. The molecule has 1 aromatic heterocycles. The van der Waals surface area contributed by atoms with Crippen molar-refractivity contribution in [2.24, 2.45) is 0 Å². The van der Waals surface area contributed by atoms with Crippen molar-refractivity contribution in [3.05, 3.63) is 0 Å². The molecule has 1 aliphatic rings. The summed E-state index contributed by atoms with van der Waals surface area (Å²) in [5.74, 6) is 1.05. The predicted molar refractivity (Wildman–Crippen MR) is 60.4 cm³/mol. The Balaban J connectivity index is 2.33. The zero-order valence-electron chi connectivity index (χ0n) is 8.40. The highest BCUT2D eigenvalue weighted by Gasteiger charge is 2.17. The summed E-state index contributed by atoms with van der Waals surface area (Å²) in [4.78, 5) is 9.98. The van der Waals surface area contributed by atoms with Crippen molar-refractivity contribution in [1.82, 2.24) is 15.3 Å². The molecular weight excluding hydrogens is 194 g/mol. The van der Waals surface area contributed by atoms with E-state index in [-0.39, 0.29) is 11.8 Å². The van der Waals surface area contributed by atoms with Gasteiger partial charge in [0, 0.05) is 26.2 Å². The molecule has 15 heavy (non-hydrogen) atoms. The van der Waals surface area contributed by atoms with Crippen molar-refractivity contribution >= 4 is 23.3 Å². The first-order chi connectivity index (χ1) is 7.18. The first kappa shape index (κ1) is 9.78. The molecule has 2 rings (SSSR count). The molecule has 0 saturated carbocycles. The maximum Gasteiger partial charge on any atom is 0.224 e. The van der Waals surface area contributed by atoms with E-state index in [1.165, 1.54) is 0 Å². The van der Waals surface area contributed by atoms with Crippen LogP contribution >= 0.6 is 0 Å². The molecule has 1 aromatic rings. The van der Waals surface area contributed by atoms with Gasteiger partial charge in [0.05, 0.1) is 0 Å². The molecule has 1 fully saturated rings. The van der Waals surface area contributed by atoms with Crippen molar-refractivity contribution in [1.29, 1.82) is 0 Å². The number of piperazine rings is 1. The largest absolute Gasteiger partial charge is 0.393 e. The summed E-state index contributed by atoms with van der Waals surface area (Å²) >= 11 is 0. The lowest BCUT2D eigenvalue weighted by Crippen LogP contribution is -2.44. The van der Waals surface area contributed by atoms with E-state index in [0.29, 0.717) is 11.5 Å². The molecule has 1 saturated heterocycles. The smallest absolute Gasteiger partial charge is 0.224 e. The number of nitrogen functional groups attached to an aromatic ring is 3.